The highest BCUT2D eigenvalue weighted by Crippen LogP contribution is 2.25. The Bertz CT molecular complexity index is 365. The van der Waals surface area contributed by atoms with Gasteiger partial charge in [0.15, 0.2) is 4.98 Å². The topological polar surface area (TPSA) is 28.1 Å². The molecule has 1 aromatic rings. The Labute approximate surface area is 91.0 Å². The summed E-state index contributed by atoms with van der Waals surface area (Å²) in [6, 6.07) is 7.58. The van der Waals surface area contributed by atoms with Crippen LogP contribution in [0.4, 0.5) is 23.0 Å². The van der Waals surface area contributed by atoms with E-state index >= 15 is 0 Å². The van der Waals surface area contributed by atoms with Gasteiger partial charge >= 0.3 is 12.9 Å². The number of rotatable bonds is 1. The molecular formula is C9H11BF4N2. The molecule has 0 fully saturated rings. The Balaban J connectivity index is 0.000000385. The third-order valence-corrected chi connectivity index (χ3v) is 1.67. The maximum absolute atomic E-state index is 9.75. The molecule has 0 aliphatic rings. The molecule has 0 spiro atoms. The second-order valence-corrected chi connectivity index (χ2v) is 3.31. The summed E-state index contributed by atoms with van der Waals surface area (Å²) in [5.41, 5.74) is 1.75. The van der Waals surface area contributed by atoms with Crippen molar-refractivity contribution in [1.29, 1.82) is 5.39 Å². The van der Waals surface area contributed by atoms with Crippen molar-refractivity contribution < 1.29 is 17.3 Å². The minimum atomic E-state index is -6.00. The zero-order chi connectivity index (χ0) is 12.8. The summed E-state index contributed by atoms with van der Waals surface area (Å²) in [7, 11) is -6.00. The maximum atomic E-state index is 9.75. The van der Waals surface area contributed by atoms with E-state index in [2.05, 4.69) is 18.8 Å². The molecular weight excluding hydrogens is 223 g/mol. The highest BCUT2D eigenvalue weighted by molar-refractivity contribution is 6.50. The average molecular weight is 234 g/mol. The molecule has 7 heteroatoms. The fourth-order valence-electron chi connectivity index (χ4n) is 1.07. The minimum Gasteiger partial charge on any atom is -0.418 e. The van der Waals surface area contributed by atoms with Gasteiger partial charge in [0.1, 0.15) is 0 Å². The highest BCUT2D eigenvalue weighted by Gasteiger charge is 2.20. The van der Waals surface area contributed by atoms with Crippen molar-refractivity contribution >= 4 is 12.9 Å². The molecule has 0 aliphatic carbocycles. The van der Waals surface area contributed by atoms with Gasteiger partial charge in [-0.3, -0.25) is 0 Å². The van der Waals surface area contributed by atoms with E-state index in [1.165, 1.54) is 0 Å². The standard InChI is InChI=1S/C9H11N2.BF4/c1-7(2)8-5-3-4-6-9(8)11-10;2-1(3,4)5/h3-7H,1-2H3;/q+1;-1. The lowest BCUT2D eigenvalue weighted by molar-refractivity contribution is 0.368. The van der Waals surface area contributed by atoms with E-state index in [1.54, 1.807) is 6.07 Å². The Kier molecular flexibility index (Phi) is 5.50. The van der Waals surface area contributed by atoms with E-state index in [1.807, 2.05) is 18.2 Å². The minimum absolute atomic E-state index is 0.405. The fraction of sp³-hybridized carbons (Fsp3) is 0.333. The largest absolute Gasteiger partial charge is 0.673 e. The first-order chi connectivity index (χ1) is 7.25. The molecule has 1 aromatic carbocycles. The van der Waals surface area contributed by atoms with Crippen LogP contribution in [-0.2, 0) is 0 Å². The van der Waals surface area contributed by atoms with Gasteiger partial charge in [-0.1, -0.05) is 32.0 Å². The molecule has 0 atom stereocenters. The normalized spacial score (nSPS) is 10.4. The first-order valence-corrected chi connectivity index (χ1v) is 4.57. The number of diazo groups is 1. The maximum Gasteiger partial charge on any atom is 0.673 e. The molecule has 0 unspecified atom stereocenters. The van der Waals surface area contributed by atoms with Crippen molar-refractivity contribution in [3.05, 3.63) is 34.8 Å². The van der Waals surface area contributed by atoms with Gasteiger partial charge < -0.3 is 17.3 Å². The van der Waals surface area contributed by atoms with Crippen molar-refractivity contribution in [2.75, 3.05) is 0 Å². The third kappa shape index (κ3) is 6.82. The molecule has 0 N–H and O–H groups in total. The lowest BCUT2D eigenvalue weighted by Crippen LogP contribution is -2.02. The van der Waals surface area contributed by atoms with Crippen LogP contribution in [0.3, 0.4) is 0 Å². The smallest absolute Gasteiger partial charge is 0.418 e. The molecule has 0 amide bonds. The van der Waals surface area contributed by atoms with Crippen LogP contribution < -0.4 is 0 Å². The van der Waals surface area contributed by atoms with Crippen LogP contribution in [0.2, 0.25) is 0 Å². The van der Waals surface area contributed by atoms with Crippen molar-refractivity contribution in [3.8, 4) is 0 Å². The van der Waals surface area contributed by atoms with Crippen molar-refractivity contribution in [3.63, 3.8) is 0 Å². The number of nitrogens with zero attached hydrogens (tertiary/aromatic N) is 2. The summed E-state index contributed by atoms with van der Waals surface area (Å²) in [6.45, 7) is 4.15. The molecule has 1 rings (SSSR count). The van der Waals surface area contributed by atoms with Gasteiger partial charge in [0.05, 0.1) is 5.56 Å². The SMILES string of the molecule is CC(C)c1ccccc1[N+]#N.F[B-](F)(F)F. The van der Waals surface area contributed by atoms with E-state index in [-0.39, 0.29) is 0 Å². The average Bonchev–Trinajstić information content (AvgIpc) is 2.15. The summed E-state index contributed by atoms with van der Waals surface area (Å²) in [5.74, 6) is 0.405. The van der Waals surface area contributed by atoms with Gasteiger partial charge in [-0.2, -0.15) is 0 Å². The van der Waals surface area contributed by atoms with Gasteiger partial charge in [0.2, 0.25) is 5.39 Å². The predicted octanol–water partition coefficient (Wildman–Crippen LogP) is 4.59. The summed E-state index contributed by atoms with van der Waals surface area (Å²) >= 11 is 0. The molecule has 0 saturated heterocycles. The van der Waals surface area contributed by atoms with Crippen molar-refractivity contribution in [2.45, 2.75) is 19.8 Å². The Morgan fingerprint density at radius 1 is 1.12 bits per heavy atom. The first kappa shape index (κ1) is 14.4. The monoisotopic (exact) mass is 234 g/mol. The Morgan fingerprint density at radius 2 is 1.56 bits per heavy atom. The van der Waals surface area contributed by atoms with Crippen LogP contribution in [0.25, 0.3) is 4.98 Å². The lowest BCUT2D eigenvalue weighted by atomic mass is 10.0. The van der Waals surface area contributed by atoms with E-state index in [0.717, 1.165) is 5.56 Å². The second-order valence-electron chi connectivity index (χ2n) is 3.31. The van der Waals surface area contributed by atoms with Gasteiger partial charge in [-0.15, -0.1) is 0 Å². The summed E-state index contributed by atoms with van der Waals surface area (Å²) in [4.78, 5) is 3.19. The fourth-order valence-corrected chi connectivity index (χ4v) is 1.07. The predicted molar refractivity (Wildman–Crippen MR) is 55.5 cm³/mol. The summed E-state index contributed by atoms with van der Waals surface area (Å²) in [5, 5.41) is 8.59. The van der Waals surface area contributed by atoms with Crippen LogP contribution >= 0.6 is 0 Å². The number of benzene rings is 1. The molecule has 0 saturated carbocycles. The molecule has 0 bridgehead atoms. The first-order valence-electron chi connectivity index (χ1n) is 4.57. The van der Waals surface area contributed by atoms with E-state index in [0.29, 0.717) is 11.6 Å². The van der Waals surface area contributed by atoms with Gasteiger partial charge in [-0.05, 0) is 5.92 Å². The highest BCUT2D eigenvalue weighted by atomic mass is 19.5. The zero-order valence-corrected chi connectivity index (χ0v) is 8.87. The number of hydrogen-bond donors (Lipinski definition) is 0. The van der Waals surface area contributed by atoms with Gasteiger partial charge in [-0.25, -0.2) is 0 Å². The molecule has 0 radical (unpaired) electrons. The second kappa shape index (κ2) is 6.11. The van der Waals surface area contributed by atoms with E-state index < -0.39 is 7.25 Å². The quantitative estimate of drug-likeness (QED) is 0.396. The van der Waals surface area contributed by atoms with E-state index in [9.17, 15) is 17.3 Å². The van der Waals surface area contributed by atoms with Crippen LogP contribution in [0.15, 0.2) is 24.3 Å². The van der Waals surface area contributed by atoms with Crippen molar-refractivity contribution in [1.82, 2.24) is 0 Å². The molecule has 0 aliphatic heterocycles. The van der Waals surface area contributed by atoms with Crippen LogP contribution in [0, 0.1) is 5.39 Å². The Hall–Kier alpha value is -1.58. The number of halogens is 4. The van der Waals surface area contributed by atoms with Gasteiger partial charge in [0, 0.05) is 6.07 Å². The molecule has 0 heterocycles. The van der Waals surface area contributed by atoms with Crippen molar-refractivity contribution in [2.24, 2.45) is 0 Å². The number of hydrogen-bond acceptors (Lipinski definition) is 1. The van der Waals surface area contributed by atoms with Gasteiger partial charge in [0.25, 0.3) is 0 Å². The lowest BCUT2D eigenvalue weighted by Gasteiger charge is -1.98. The zero-order valence-electron chi connectivity index (χ0n) is 8.87. The molecule has 0 aromatic heterocycles. The van der Waals surface area contributed by atoms with Crippen LogP contribution in [-0.4, -0.2) is 7.25 Å². The molecule has 16 heavy (non-hydrogen) atoms. The molecule has 88 valence electrons. The van der Waals surface area contributed by atoms with Crippen LogP contribution in [0.1, 0.15) is 25.3 Å². The summed E-state index contributed by atoms with van der Waals surface area (Å²) in [6.07, 6.45) is 0. The van der Waals surface area contributed by atoms with E-state index in [4.69, 9.17) is 5.39 Å². The van der Waals surface area contributed by atoms with Crippen LogP contribution in [0.5, 0.6) is 0 Å². The molecule has 2 nitrogen and oxygen atoms in total. The summed E-state index contributed by atoms with van der Waals surface area (Å²) < 4.78 is 39.0. The Morgan fingerprint density at radius 3 is 1.88 bits per heavy atom. The third-order valence-electron chi connectivity index (χ3n) is 1.67.